The molecule has 0 saturated heterocycles. The average Bonchev–Trinajstić information content (AvgIpc) is 2.15. The third-order valence-corrected chi connectivity index (χ3v) is 1.54. The number of hydrogen-bond acceptors (Lipinski definition) is 5. The van der Waals surface area contributed by atoms with Gasteiger partial charge in [-0.25, -0.2) is 14.8 Å². The summed E-state index contributed by atoms with van der Waals surface area (Å²) in [5.41, 5.74) is 5.73. The lowest BCUT2D eigenvalue weighted by Crippen LogP contribution is -2.24. The standard InChI is InChI=1S/C10H15N3O2/c1-10(2,3)15-9(14)8-4-7(5-11)12-6-13-8/h4,6H,5,11H2,1-3H3. The molecular weight excluding hydrogens is 194 g/mol. The fourth-order valence-electron chi connectivity index (χ4n) is 0.951. The number of rotatable bonds is 2. The molecule has 2 N–H and O–H groups in total. The van der Waals surface area contributed by atoms with Crippen LogP contribution in [0.2, 0.25) is 0 Å². The maximum Gasteiger partial charge on any atom is 0.357 e. The summed E-state index contributed by atoms with van der Waals surface area (Å²) in [5.74, 6) is -0.459. The highest BCUT2D eigenvalue weighted by molar-refractivity contribution is 5.87. The van der Waals surface area contributed by atoms with Crippen LogP contribution in [-0.4, -0.2) is 21.5 Å². The van der Waals surface area contributed by atoms with Gasteiger partial charge in [-0.05, 0) is 26.8 Å². The molecule has 0 radical (unpaired) electrons. The number of ether oxygens (including phenoxy) is 1. The molecule has 0 bridgehead atoms. The van der Waals surface area contributed by atoms with Gasteiger partial charge in [0, 0.05) is 6.54 Å². The Morgan fingerprint density at radius 2 is 2.13 bits per heavy atom. The van der Waals surface area contributed by atoms with Crippen LogP contribution in [0, 0.1) is 0 Å². The molecule has 5 nitrogen and oxygen atoms in total. The normalized spacial score (nSPS) is 11.2. The zero-order valence-corrected chi connectivity index (χ0v) is 9.15. The zero-order valence-electron chi connectivity index (χ0n) is 9.15. The van der Waals surface area contributed by atoms with Crippen molar-refractivity contribution >= 4 is 5.97 Å². The average molecular weight is 209 g/mol. The molecule has 1 rings (SSSR count). The van der Waals surface area contributed by atoms with Gasteiger partial charge in [0.2, 0.25) is 0 Å². The smallest absolute Gasteiger partial charge is 0.357 e. The van der Waals surface area contributed by atoms with E-state index >= 15 is 0 Å². The van der Waals surface area contributed by atoms with Crippen LogP contribution in [-0.2, 0) is 11.3 Å². The fraction of sp³-hybridized carbons (Fsp3) is 0.500. The first-order valence-electron chi connectivity index (χ1n) is 4.67. The number of esters is 1. The highest BCUT2D eigenvalue weighted by Crippen LogP contribution is 2.10. The second-order valence-corrected chi connectivity index (χ2v) is 4.10. The molecule has 82 valence electrons. The summed E-state index contributed by atoms with van der Waals surface area (Å²) < 4.78 is 5.15. The lowest BCUT2D eigenvalue weighted by Gasteiger charge is -2.18. The Hall–Kier alpha value is -1.49. The fourth-order valence-corrected chi connectivity index (χ4v) is 0.951. The Morgan fingerprint density at radius 3 is 2.67 bits per heavy atom. The second-order valence-electron chi connectivity index (χ2n) is 4.10. The largest absolute Gasteiger partial charge is 0.455 e. The van der Waals surface area contributed by atoms with E-state index in [1.54, 1.807) is 20.8 Å². The Kier molecular flexibility index (Phi) is 3.36. The minimum absolute atomic E-state index is 0.236. The van der Waals surface area contributed by atoms with Gasteiger partial charge in [-0.2, -0.15) is 0 Å². The van der Waals surface area contributed by atoms with E-state index in [9.17, 15) is 4.79 Å². The molecule has 0 aliphatic carbocycles. The molecule has 0 amide bonds. The number of hydrogen-bond donors (Lipinski definition) is 1. The van der Waals surface area contributed by atoms with Gasteiger partial charge in [0.25, 0.3) is 0 Å². The summed E-state index contributed by atoms with van der Waals surface area (Å²) in [6.07, 6.45) is 1.31. The van der Waals surface area contributed by atoms with Crippen LogP contribution < -0.4 is 5.73 Å². The van der Waals surface area contributed by atoms with Crippen molar-refractivity contribution in [1.29, 1.82) is 0 Å². The molecule has 0 fully saturated rings. The van der Waals surface area contributed by atoms with Crippen molar-refractivity contribution in [3.63, 3.8) is 0 Å². The third kappa shape index (κ3) is 3.63. The quantitative estimate of drug-likeness (QED) is 0.732. The maximum atomic E-state index is 11.6. The Bertz CT molecular complexity index is 358. The summed E-state index contributed by atoms with van der Waals surface area (Å²) in [6.45, 7) is 5.68. The Labute approximate surface area is 88.7 Å². The van der Waals surface area contributed by atoms with E-state index in [4.69, 9.17) is 10.5 Å². The SMILES string of the molecule is CC(C)(C)OC(=O)c1cc(CN)ncn1. The van der Waals surface area contributed by atoms with Crippen molar-refractivity contribution in [3.8, 4) is 0 Å². The summed E-state index contributed by atoms with van der Waals surface area (Å²) in [4.78, 5) is 19.3. The molecule has 0 unspecified atom stereocenters. The molecule has 0 atom stereocenters. The van der Waals surface area contributed by atoms with E-state index in [0.717, 1.165) is 0 Å². The van der Waals surface area contributed by atoms with E-state index in [-0.39, 0.29) is 12.2 Å². The van der Waals surface area contributed by atoms with Gasteiger partial charge >= 0.3 is 5.97 Å². The first-order valence-corrected chi connectivity index (χ1v) is 4.67. The maximum absolute atomic E-state index is 11.6. The van der Waals surface area contributed by atoms with Crippen LogP contribution in [0.5, 0.6) is 0 Å². The minimum atomic E-state index is -0.523. The second kappa shape index (κ2) is 4.35. The van der Waals surface area contributed by atoms with Crippen LogP contribution in [0.1, 0.15) is 37.0 Å². The van der Waals surface area contributed by atoms with E-state index in [1.807, 2.05) is 0 Å². The van der Waals surface area contributed by atoms with E-state index < -0.39 is 11.6 Å². The highest BCUT2D eigenvalue weighted by Gasteiger charge is 2.18. The van der Waals surface area contributed by atoms with Gasteiger partial charge in [0.1, 0.15) is 11.9 Å². The molecule has 1 aromatic rings. The molecule has 15 heavy (non-hydrogen) atoms. The molecule has 0 spiro atoms. The van der Waals surface area contributed by atoms with Crippen LogP contribution >= 0.6 is 0 Å². The van der Waals surface area contributed by atoms with Crippen molar-refractivity contribution in [2.45, 2.75) is 32.9 Å². The van der Waals surface area contributed by atoms with Crippen LogP contribution in [0.3, 0.4) is 0 Å². The first kappa shape index (κ1) is 11.6. The number of carbonyl (C=O) groups excluding carboxylic acids is 1. The number of aromatic nitrogens is 2. The summed E-state index contributed by atoms with van der Waals surface area (Å²) in [7, 11) is 0. The lowest BCUT2D eigenvalue weighted by molar-refractivity contribution is 0.00624. The number of nitrogens with zero attached hydrogens (tertiary/aromatic N) is 2. The summed E-state index contributed by atoms with van der Waals surface area (Å²) in [5, 5.41) is 0. The highest BCUT2D eigenvalue weighted by atomic mass is 16.6. The topological polar surface area (TPSA) is 78.1 Å². The van der Waals surface area contributed by atoms with Gasteiger partial charge in [0.05, 0.1) is 5.69 Å². The van der Waals surface area contributed by atoms with E-state index in [1.165, 1.54) is 12.4 Å². The summed E-state index contributed by atoms with van der Waals surface area (Å²) >= 11 is 0. The molecule has 1 aromatic heterocycles. The van der Waals surface area contributed by atoms with Crippen molar-refractivity contribution in [1.82, 2.24) is 9.97 Å². The number of nitrogens with two attached hydrogens (primary N) is 1. The van der Waals surface area contributed by atoms with Gasteiger partial charge in [-0.15, -0.1) is 0 Å². The molecule has 5 heteroatoms. The molecular formula is C10H15N3O2. The Balaban J connectivity index is 2.82. The number of carbonyl (C=O) groups is 1. The first-order chi connectivity index (χ1) is 6.92. The minimum Gasteiger partial charge on any atom is -0.455 e. The predicted octanol–water partition coefficient (Wildman–Crippen LogP) is 0.891. The Morgan fingerprint density at radius 1 is 1.47 bits per heavy atom. The predicted molar refractivity (Wildman–Crippen MR) is 55.1 cm³/mol. The van der Waals surface area contributed by atoms with Gasteiger partial charge in [-0.1, -0.05) is 0 Å². The molecule has 0 aromatic carbocycles. The van der Waals surface area contributed by atoms with E-state index in [2.05, 4.69) is 9.97 Å². The third-order valence-electron chi connectivity index (χ3n) is 1.54. The molecule has 0 saturated carbocycles. The monoisotopic (exact) mass is 209 g/mol. The van der Waals surface area contributed by atoms with Gasteiger partial charge < -0.3 is 10.5 Å². The molecule has 0 aliphatic heterocycles. The van der Waals surface area contributed by atoms with Gasteiger partial charge in [0.15, 0.2) is 5.69 Å². The van der Waals surface area contributed by atoms with Crippen LogP contribution in [0.15, 0.2) is 12.4 Å². The van der Waals surface area contributed by atoms with Crippen molar-refractivity contribution < 1.29 is 9.53 Å². The lowest BCUT2D eigenvalue weighted by atomic mass is 10.2. The van der Waals surface area contributed by atoms with E-state index in [0.29, 0.717) is 5.69 Å². The summed E-state index contributed by atoms with van der Waals surface area (Å²) in [6, 6.07) is 1.54. The van der Waals surface area contributed by atoms with Crippen LogP contribution in [0.4, 0.5) is 0 Å². The van der Waals surface area contributed by atoms with Gasteiger partial charge in [-0.3, -0.25) is 0 Å². The van der Waals surface area contributed by atoms with Crippen LogP contribution in [0.25, 0.3) is 0 Å². The van der Waals surface area contributed by atoms with Crippen molar-refractivity contribution in [2.75, 3.05) is 0 Å². The molecule has 0 aliphatic rings. The van der Waals surface area contributed by atoms with Crippen molar-refractivity contribution in [2.24, 2.45) is 5.73 Å². The van der Waals surface area contributed by atoms with Crippen molar-refractivity contribution in [3.05, 3.63) is 23.8 Å². The molecule has 1 heterocycles. The zero-order chi connectivity index (χ0) is 11.5.